The Labute approximate surface area is 378 Å². The van der Waals surface area contributed by atoms with Crippen LogP contribution < -0.4 is 4.90 Å². The van der Waals surface area contributed by atoms with Crippen molar-refractivity contribution in [2.45, 2.75) is 19.3 Å². The molecule has 5 nitrogen and oxygen atoms in total. The van der Waals surface area contributed by atoms with Crippen LogP contribution in [0, 0.1) is 0 Å². The standard InChI is InChI=1S/C60H43N5/c1-60(2)53-32-16-15-27-48(53)49-38-37-46(39-54(49)60)64(43-23-11-5-12-24-43)45-35-33-40(34-36-45)47-28-17-29-50-51-30-18-31-52(56(51)65(55(47)50)44-25-13-6-14-26-44)59-62-57(41-19-7-3-8-20-41)61-58(63-59)42-21-9-4-10-22-42/h3-39H,1-2H3. The molecule has 0 unspecified atom stereocenters. The van der Waals surface area contributed by atoms with Crippen LogP contribution in [-0.2, 0) is 5.41 Å². The molecule has 308 valence electrons. The van der Waals surface area contributed by atoms with E-state index in [9.17, 15) is 0 Å². The zero-order valence-electron chi connectivity index (χ0n) is 36.1. The highest BCUT2D eigenvalue weighted by Crippen LogP contribution is 2.51. The Bertz CT molecular complexity index is 3490. The van der Waals surface area contributed by atoms with Crippen molar-refractivity contribution in [1.82, 2.24) is 19.5 Å². The third-order valence-corrected chi connectivity index (χ3v) is 13.0. The number of nitrogens with zero attached hydrogens (tertiary/aromatic N) is 5. The summed E-state index contributed by atoms with van der Waals surface area (Å²) in [6, 6.07) is 79.7. The number of anilines is 3. The van der Waals surface area contributed by atoms with E-state index >= 15 is 0 Å². The molecular weight excluding hydrogens is 791 g/mol. The predicted molar refractivity (Wildman–Crippen MR) is 268 cm³/mol. The average molecular weight is 834 g/mol. The number of para-hydroxylation sites is 4. The molecule has 0 spiro atoms. The van der Waals surface area contributed by atoms with Gasteiger partial charge >= 0.3 is 0 Å². The lowest BCUT2D eigenvalue weighted by Gasteiger charge is -2.28. The third kappa shape index (κ3) is 6.43. The van der Waals surface area contributed by atoms with Gasteiger partial charge in [0.2, 0.25) is 0 Å². The highest BCUT2D eigenvalue weighted by molar-refractivity contribution is 6.17. The van der Waals surface area contributed by atoms with Gasteiger partial charge in [-0.1, -0.05) is 184 Å². The lowest BCUT2D eigenvalue weighted by Crippen LogP contribution is -2.16. The van der Waals surface area contributed by atoms with Crippen LogP contribution in [0.2, 0.25) is 0 Å². The summed E-state index contributed by atoms with van der Waals surface area (Å²) < 4.78 is 2.40. The SMILES string of the molecule is CC1(C)c2ccccc2-c2ccc(N(c3ccccc3)c3ccc(-c4cccc5c6cccc(-c7nc(-c8ccccc8)nc(-c8ccccc8)n7)c6n(-c6ccccc6)c45)cc3)cc21. The summed E-state index contributed by atoms with van der Waals surface area (Å²) in [4.78, 5) is 17.8. The minimum absolute atomic E-state index is 0.109. The Morgan fingerprint density at radius 1 is 0.354 bits per heavy atom. The molecule has 11 aromatic rings. The van der Waals surface area contributed by atoms with E-state index in [4.69, 9.17) is 15.0 Å². The molecule has 2 aromatic heterocycles. The van der Waals surface area contributed by atoms with E-state index in [1.54, 1.807) is 0 Å². The van der Waals surface area contributed by atoms with Gasteiger partial charge < -0.3 is 9.47 Å². The lowest BCUT2D eigenvalue weighted by molar-refractivity contribution is 0.660. The summed E-state index contributed by atoms with van der Waals surface area (Å²) >= 11 is 0. The largest absolute Gasteiger partial charge is 0.310 e. The first-order valence-corrected chi connectivity index (χ1v) is 22.2. The van der Waals surface area contributed by atoms with Crippen LogP contribution >= 0.6 is 0 Å². The molecule has 0 aliphatic heterocycles. The van der Waals surface area contributed by atoms with Gasteiger partial charge in [0.1, 0.15) is 0 Å². The Hall–Kier alpha value is -8.41. The number of hydrogen-bond acceptors (Lipinski definition) is 4. The van der Waals surface area contributed by atoms with Gasteiger partial charge in [-0.3, -0.25) is 0 Å². The Kier molecular flexibility index (Phi) is 9.09. The van der Waals surface area contributed by atoms with E-state index in [0.717, 1.165) is 72.4 Å². The molecule has 5 heteroatoms. The highest BCUT2D eigenvalue weighted by Gasteiger charge is 2.35. The average Bonchev–Trinajstić information content (AvgIpc) is 3.84. The second-order valence-corrected chi connectivity index (χ2v) is 17.2. The number of benzene rings is 9. The molecule has 0 bridgehead atoms. The topological polar surface area (TPSA) is 46.8 Å². The quantitative estimate of drug-likeness (QED) is 0.153. The zero-order valence-corrected chi connectivity index (χ0v) is 36.1. The Balaban J connectivity index is 1.03. The molecule has 9 aromatic carbocycles. The van der Waals surface area contributed by atoms with Crippen molar-refractivity contribution < 1.29 is 0 Å². The smallest absolute Gasteiger partial charge is 0.166 e. The summed E-state index contributed by atoms with van der Waals surface area (Å²) in [5, 5.41) is 2.28. The fraction of sp³-hybridized carbons (Fsp3) is 0.0500. The first-order valence-electron chi connectivity index (χ1n) is 22.2. The predicted octanol–water partition coefficient (Wildman–Crippen LogP) is 15.4. The van der Waals surface area contributed by atoms with Crippen LogP contribution in [0.25, 0.3) is 83.9 Å². The van der Waals surface area contributed by atoms with Gasteiger partial charge in [-0.05, 0) is 82.4 Å². The van der Waals surface area contributed by atoms with Crippen molar-refractivity contribution >= 4 is 38.9 Å². The molecule has 1 aliphatic rings. The molecular formula is C60H43N5. The van der Waals surface area contributed by atoms with Gasteiger partial charge in [0.05, 0.1) is 11.0 Å². The van der Waals surface area contributed by atoms with Gasteiger partial charge in [-0.2, -0.15) is 0 Å². The van der Waals surface area contributed by atoms with Gasteiger partial charge in [-0.15, -0.1) is 0 Å². The fourth-order valence-electron chi connectivity index (χ4n) is 9.94. The summed E-state index contributed by atoms with van der Waals surface area (Å²) in [6.45, 7) is 4.69. The number of rotatable bonds is 8. The number of fused-ring (bicyclic) bond motifs is 6. The van der Waals surface area contributed by atoms with E-state index in [-0.39, 0.29) is 5.41 Å². The highest BCUT2D eigenvalue weighted by atomic mass is 15.1. The Morgan fingerprint density at radius 3 is 1.48 bits per heavy atom. The first-order chi connectivity index (χ1) is 32.0. The maximum absolute atomic E-state index is 5.21. The lowest BCUT2D eigenvalue weighted by atomic mass is 9.82. The summed E-state index contributed by atoms with van der Waals surface area (Å²) in [5.41, 5.74) is 16.9. The summed E-state index contributed by atoms with van der Waals surface area (Å²) in [5.74, 6) is 1.88. The van der Waals surface area contributed by atoms with E-state index in [1.807, 2.05) is 36.4 Å². The van der Waals surface area contributed by atoms with E-state index in [2.05, 4.69) is 211 Å². The van der Waals surface area contributed by atoms with Gasteiger partial charge in [0.25, 0.3) is 0 Å². The summed E-state index contributed by atoms with van der Waals surface area (Å²) in [6.07, 6.45) is 0. The normalized spacial score (nSPS) is 12.6. The molecule has 0 saturated carbocycles. The van der Waals surface area contributed by atoms with Gasteiger partial charge in [0, 0.05) is 61.2 Å². The van der Waals surface area contributed by atoms with Crippen molar-refractivity contribution in [3.8, 4) is 62.1 Å². The maximum Gasteiger partial charge on any atom is 0.166 e. The Morgan fingerprint density at radius 2 is 0.831 bits per heavy atom. The van der Waals surface area contributed by atoms with Crippen molar-refractivity contribution in [3.63, 3.8) is 0 Å². The molecule has 0 amide bonds. The van der Waals surface area contributed by atoms with Gasteiger partial charge in [-0.25, -0.2) is 15.0 Å². The van der Waals surface area contributed by atoms with E-state index < -0.39 is 0 Å². The molecule has 65 heavy (non-hydrogen) atoms. The third-order valence-electron chi connectivity index (χ3n) is 13.0. The van der Waals surface area contributed by atoms with Crippen LogP contribution in [0.15, 0.2) is 224 Å². The molecule has 2 heterocycles. The summed E-state index contributed by atoms with van der Waals surface area (Å²) in [7, 11) is 0. The monoisotopic (exact) mass is 833 g/mol. The van der Waals surface area contributed by atoms with Crippen LogP contribution in [0.5, 0.6) is 0 Å². The minimum Gasteiger partial charge on any atom is -0.310 e. The van der Waals surface area contributed by atoms with Crippen molar-refractivity contribution in [2.75, 3.05) is 4.90 Å². The second kappa shape index (κ2) is 15.4. The molecule has 0 radical (unpaired) electrons. The molecule has 0 atom stereocenters. The van der Waals surface area contributed by atoms with Crippen LogP contribution in [0.1, 0.15) is 25.0 Å². The molecule has 0 N–H and O–H groups in total. The van der Waals surface area contributed by atoms with E-state index in [1.165, 1.54) is 22.3 Å². The number of aromatic nitrogens is 4. The molecule has 1 aliphatic carbocycles. The van der Waals surface area contributed by atoms with Crippen molar-refractivity contribution in [2.24, 2.45) is 0 Å². The van der Waals surface area contributed by atoms with Crippen molar-refractivity contribution in [1.29, 1.82) is 0 Å². The van der Waals surface area contributed by atoms with Crippen LogP contribution in [0.3, 0.4) is 0 Å². The van der Waals surface area contributed by atoms with Gasteiger partial charge in [0.15, 0.2) is 17.5 Å². The first kappa shape index (κ1) is 38.3. The molecule has 0 fully saturated rings. The number of hydrogen-bond donors (Lipinski definition) is 0. The molecule has 0 saturated heterocycles. The van der Waals surface area contributed by atoms with E-state index in [0.29, 0.717) is 17.5 Å². The zero-order chi connectivity index (χ0) is 43.5. The minimum atomic E-state index is -0.109. The second-order valence-electron chi connectivity index (χ2n) is 17.2. The van der Waals surface area contributed by atoms with Crippen molar-refractivity contribution in [3.05, 3.63) is 236 Å². The maximum atomic E-state index is 5.21. The van der Waals surface area contributed by atoms with Crippen LogP contribution in [0.4, 0.5) is 17.1 Å². The fourth-order valence-corrected chi connectivity index (χ4v) is 9.94. The molecule has 12 rings (SSSR count). The van der Waals surface area contributed by atoms with Crippen LogP contribution in [-0.4, -0.2) is 19.5 Å².